The van der Waals surface area contributed by atoms with E-state index >= 15 is 0 Å². The van der Waals surface area contributed by atoms with Gasteiger partial charge >= 0.3 is 23.1 Å². The van der Waals surface area contributed by atoms with Gasteiger partial charge in [0.2, 0.25) is 0 Å². The Balaban J connectivity index is -0.000000180. The third-order valence-electron chi connectivity index (χ3n) is 1.50. The average Bonchev–Trinajstić information content (AvgIpc) is 1.72. The van der Waals surface area contributed by atoms with Gasteiger partial charge in [-0.1, -0.05) is 20.8 Å². The van der Waals surface area contributed by atoms with Gasteiger partial charge in [0.1, 0.15) is 0 Å². The molecule has 0 amide bonds. The van der Waals surface area contributed by atoms with E-state index in [4.69, 9.17) is 0 Å². The van der Waals surface area contributed by atoms with Gasteiger partial charge in [-0.05, 0) is 0 Å². The van der Waals surface area contributed by atoms with Gasteiger partial charge in [0.15, 0.2) is 0 Å². The second-order valence-electron chi connectivity index (χ2n) is 1.81. The quantitative estimate of drug-likeness (QED) is 0.425. The second-order valence-corrected chi connectivity index (χ2v) is 1.81. The molecule has 0 saturated carbocycles. The molecule has 0 rings (SSSR count). The molecule has 0 saturated heterocycles. The summed E-state index contributed by atoms with van der Waals surface area (Å²) in [5.74, 6) is 1.68. The van der Waals surface area contributed by atoms with E-state index < -0.39 is 0 Å². The summed E-state index contributed by atoms with van der Waals surface area (Å²) in [5.41, 5.74) is 0. The molecule has 0 aliphatic heterocycles. The van der Waals surface area contributed by atoms with E-state index in [2.05, 4.69) is 20.8 Å². The fraction of sp³-hybridized carbons (Fsp3) is 0.857. The Morgan fingerprint density at radius 2 is 1.11 bits per heavy atom. The minimum absolute atomic E-state index is 0. The van der Waals surface area contributed by atoms with E-state index in [0.29, 0.717) is 0 Å². The van der Waals surface area contributed by atoms with Crippen LogP contribution >= 0.6 is 0 Å². The third kappa shape index (κ3) is 9.25. The van der Waals surface area contributed by atoms with Crippen LogP contribution in [0.15, 0.2) is 0 Å². The molecular weight excluding hydrogens is 188 g/mol. The molecule has 9 heavy (non-hydrogen) atoms. The molecule has 0 atom stereocenters. The fourth-order valence-corrected chi connectivity index (χ4v) is 0.750. The van der Waals surface area contributed by atoms with Crippen molar-refractivity contribution in [3.05, 3.63) is 5.92 Å². The normalized spacial score (nSPS) is 8.00. The van der Waals surface area contributed by atoms with Crippen molar-refractivity contribution in [1.82, 2.24) is 0 Å². The van der Waals surface area contributed by atoms with Crippen LogP contribution in [-0.4, -0.2) is 23.1 Å². The number of rotatable bonds is 3. The van der Waals surface area contributed by atoms with Crippen LogP contribution in [0.3, 0.4) is 0 Å². The van der Waals surface area contributed by atoms with E-state index in [1.165, 1.54) is 19.3 Å². The topological polar surface area (TPSA) is 0 Å². The molecule has 0 nitrogen and oxygen atoms in total. The summed E-state index contributed by atoms with van der Waals surface area (Å²) in [6, 6.07) is 0. The van der Waals surface area contributed by atoms with E-state index in [-0.39, 0.29) is 40.0 Å². The Morgan fingerprint density at radius 1 is 0.889 bits per heavy atom. The minimum Gasteiger partial charge on any atom is -1.00 e. The number of halogens is 1. The maximum absolute atomic E-state index is 2.22. The van der Waals surface area contributed by atoms with Crippen LogP contribution < -0.4 is 17.0 Å². The molecule has 0 fully saturated rings. The van der Waals surface area contributed by atoms with Crippen molar-refractivity contribution in [3.8, 4) is 0 Å². The zero-order chi connectivity index (χ0) is 5.70. The Hall–Kier alpha value is 1.25. The first-order valence-electron chi connectivity index (χ1n) is 3.18. The predicted molar refractivity (Wildman–Crippen MR) is 39.9 cm³/mol. The summed E-state index contributed by atoms with van der Waals surface area (Å²) in [7, 11) is 0. The van der Waals surface area contributed by atoms with E-state index in [1.54, 1.807) is 5.92 Å². The summed E-state index contributed by atoms with van der Waals surface area (Å²) in [6.07, 6.45) is 3.81. The smallest absolute Gasteiger partial charge is 1.00 e. The zero-order valence-electron chi connectivity index (χ0n) is 6.71. The standard InChI is InChI=1S/C7H15.BrH.Mg/c1-4-7(5-2)6-3;;/h4-6H2,1-3H3;1H;/q-1;;+2/p-1. The van der Waals surface area contributed by atoms with Crippen LogP contribution in [-0.2, 0) is 0 Å². The molecule has 0 radical (unpaired) electrons. The molecule has 2 heteroatoms. The summed E-state index contributed by atoms with van der Waals surface area (Å²) in [5, 5.41) is 0. The van der Waals surface area contributed by atoms with E-state index in [9.17, 15) is 0 Å². The molecule has 0 N–H and O–H groups in total. The summed E-state index contributed by atoms with van der Waals surface area (Å²) < 4.78 is 0. The van der Waals surface area contributed by atoms with Crippen molar-refractivity contribution in [1.29, 1.82) is 0 Å². The van der Waals surface area contributed by atoms with Gasteiger partial charge in [-0.3, -0.25) is 0 Å². The Kier molecular flexibility index (Phi) is 22.2. The van der Waals surface area contributed by atoms with Crippen LogP contribution in [0.2, 0.25) is 0 Å². The Labute approximate surface area is 85.7 Å². The summed E-state index contributed by atoms with van der Waals surface area (Å²) >= 11 is 0. The van der Waals surface area contributed by atoms with Gasteiger partial charge in [-0.2, -0.15) is 19.3 Å². The number of hydrogen-bond donors (Lipinski definition) is 0. The van der Waals surface area contributed by atoms with Crippen molar-refractivity contribution < 1.29 is 17.0 Å². The van der Waals surface area contributed by atoms with Crippen molar-refractivity contribution in [2.45, 2.75) is 40.0 Å². The summed E-state index contributed by atoms with van der Waals surface area (Å²) in [4.78, 5) is 0. The fourth-order valence-electron chi connectivity index (χ4n) is 0.750. The van der Waals surface area contributed by atoms with Gasteiger partial charge in [0, 0.05) is 0 Å². The summed E-state index contributed by atoms with van der Waals surface area (Å²) in [6.45, 7) is 6.67. The van der Waals surface area contributed by atoms with Crippen LogP contribution in [0.25, 0.3) is 0 Å². The largest absolute Gasteiger partial charge is 2.00 e. The number of hydrogen-bond acceptors (Lipinski definition) is 0. The van der Waals surface area contributed by atoms with Crippen LogP contribution in [0.1, 0.15) is 40.0 Å². The maximum atomic E-state index is 2.22. The van der Waals surface area contributed by atoms with Gasteiger partial charge in [-0.25, -0.2) is 0 Å². The van der Waals surface area contributed by atoms with Gasteiger partial charge in [0.25, 0.3) is 0 Å². The first kappa shape index (κ1) is 16.7. The zero-order valence-corrected chi connectivity index (χ0v) is 9.71. The third-order valence-corrected chi connectivity index (χ3v) is 1.50. The molecule has 0 aliphatic rings. The van der Waals surface area contributed by atoms with E-state index in [0.717, 1.165) is 0 Å². The van der Waals surface area contributed by atoms with Gasteiger partial charge in [0.05, 0.1) is 0 Å². The molecule has 0 heterocycles. The molecule has 0 unspecified atom stereocenters. The van der Waals surface area contributed by atoms with Crippen molar-refractivity contribution in [3.63, 3.8) is 0 Å². The molecule has 52 valence electrons. The first-order chi connectivity index (χ1) is 3.35. The predicted octanol–water partition coefficient (Wildman–Crippen LogP) is -0.586. The molecule has 0 bridgehead atoms. The molecule has 0 aliphatic carbocycles. The van der Waals surface area contributed by atoms with Gasteiger partial charge < -0.3 is 22.9 Å². The average molecular weight is 203 g/mol. The van der Waals surface area contributed by atoms with Crippen LogP contribution in [0.5, 0.6) is 0 Å². The maximum Gasteiger partial charge on any atom is 2.00 e. The van der Waals surface area contributed by atoms with Crippen molar-refractivity contribution in [2.75, 3.05) is 0 Å². The van der Waals surface area contributed by atoms with E-state index in [1.807, 2.05) is 0 Å². The molecule has 0 aromatic rings. The van der Waals surface area contributed by atoms with Crippen molar-refractivity contribution >= 4 is 23.1 Å². The second kappa shape index (κ2) is 12.0. The first-order valence-corrected chi connectivity index (χ1v) is 3.18. The van der Waals surface area contributed by atoms with Gasteiger partial charge in [-0.15, -0.1) is 0 Å². The van der Waals surface area contributed by atoms with Crippen LogP contribution in [0.4, 0.5) is 0 Å². The monoisotopic (exact) mass is 202 g/mol. The van der Waals surface area contributed by atoms with Crippen LogP contribution in [0, 0.1) is 5.92 Å². The van der Waals surface area contributed by atoms with Crippen molar-refractivity contribution in [2.24, 2.45) is 0 Å². The molecule has 0 aromatic heterocycles. The minimum atomic E-state index is 0. The molecule has 0 spiro atoms. The Morgan fingerprint density at radius 3 is 1.11 bits per heavy atom. The Bertz CT molecular complexity index is 30.4. The molecular formula is C7H15BrMg. The molecule has 0 aromatic carbocycles. The SMILES string of the molecule is CC[C-](CC)CC.[Br-].[Mg+2].